The molecule has 8 heteroatoms. The zero-order valence-electron chi connectivity index (χ0n) is 17.1. The molecule has 0 saturated carbocycles. The Morgan fingerprint density at radius 1 is 1.07 bits per heavy atom. The smallest absolute Gasteiger partial charge is 0.251 e. The Kier molecular flexibility index (Phi) is 7.24. The number of methoxy groups -OCH3 is 2. The third kappa shape index (κ3) is 5.70. The van der Waals surface area contributed by atoms with E-state index in [1.54, 1.807) is 25.3 Å². The van der Waals surface area contributed by atoms with Gasteiger partial charge >= 0.3 is 0 Å². The van der Waals surface area contributed by atoms with Crippen LogP contribution in [0.5, 0.6) is 11.5 Å². The molecule has 30 heavy (non-hydrogen) atoms. The van der Waals surface area contributed by atoms with Crippen LogP contribution in [0.2, 0.25) is 0 Å². The van der Waals surface area contributed by atoms with Crippen molar-refractivity contribution in [1.29, 1.82) is 0 Å². The van der Waals surface area contributed by atoms with E-state index in [4.69, 9.17) is 9.47 Å². The number of carbonyl (C=O) groups is 2. The summed E-state index contributed by atoms with van der Waals surface area (Å²) in [5.41, 5.74) is 1.02. The molecule has 1 heterocycles. The zero-order valence-corrected chi connectivity index (χ0v) is 17.1. The minimum Gasteiger partial charge on any atom is -0.497 e. The number of anilines is 1. The molecule has 0 radical (unpaired) electrons. The number of halogens is 1. The predicted molar refractivity (Wildman–Crippen MR) is 112 cm³/mol. The maximum absolute atomic E-state index is 13.0. The number of nitrogens with zero attached hydrogens (tertiary/aromatic N) is 1. The van der Waals surface area contributed by atoms with Crippen LogP contribution in [0.4, 0.5) is 10.1 Å². The van der Waals surface area contributed by atoms with Gasteiger partial charge in [0.05, 0.1) is 26.5 Å². The summed E-state index contributed by atoms with van der Waals surface area (Å²) in [6.07, 6.45) is 1.48. The van der Waals surface area contributed by atoms with Gasteiger partial charge in [0.15, 0.2) is 0 Å². The van der Waals surface area contributed by atoms with Gasteiger partial charge < -0.3 is 20.1 Å². The first-order valence-electron chi connectivity index (χ1n) is 9.79. The number of ether oxygens (including phenoxy) is 2. The van der Waals surface area contributed by atoms with E-state index >= 15 is 0 Å². The molecule has 0 unspecified atom stereocenters. The highest BCUT2D eigenvalue weighted by atomic mass is 19.1. The van der Waals surface area contributed by atoms with Crippen LogP contribution in [0.25, 0.3) is 0 Å². The lowest BCUT2D eigenvalue weighted by atomic mass is 10.0. The molecular formula is C22H26FN3O4. The summed E-state index contributed by atoms with van der Waals surface area (Å²) in [4.78, 5) is 26.7. The largest absolute Gasteiger partial charge is 0.497 e. The van der Waals surface area contributed by atoms with Crippen LogP contribution in [-0.4, -0.2) is 56.6 Å². The summed E-state index contributed by atoms with van der Waals surface area (Å²) in [6, 6.07) is 10.7. The minimum atomic E-state index is -0.370. The summed E-state index contributed by atoms with van der Waals surface area (Å²) in [6.45, 7) is 1.65. The van der Waals surface area contributed by atoms with Crippen LogP contribution in [0, 0.1) is 5.82 Å². The Morgan fingerprint density at radius 3 is 2.40 bits per heavy atom. The van der Waals surface area contributed by atoms with Crippen molar-refractivity contribution in [3.05, 3.63) is 53.8 Å². The Labute approximate surface area is 175 Å². The number of hydrogen-bond donors (Lipinski definition) is 2. The monoisotopic (exact) mass is 415 g/mol. The number of hydrogen-bond acceptors (Lipinski definition) is 5. The number of amides is 2. The molecule has 2 amide bonds. The molecule has 160 valence electrons. The van der Waals surface area contributed by atoms with Gasteiger partial charge in [0, 0.05) is 30.8 Å². The predicted octanol–water partition coefficient (Wildman–Crippen LogP) is 2.68. The van der Waals surface area contributed by atoms with Crippen LogP contribution >= 0.6 is 0 Å². The first-order valence-corrected chi connectivity index (χ1v) is 9.79. The van der Waals surface area contributed by atoms with E-state index < -0.39 is 0 Å². The summed E-state index contributed by atoms with van der Waals surface area (Å²) in [5, 5.41) is 5.85. The lowest BCUT2D eigenvalue weighted by Crippen LogP contribution is -2.46. The van der Waals surface area contributed by atoms with Crippen LogP contribution in [0.1, 0.15) is 23.2 Å². The van der Waals surface area contributed by atoms with Crippen LogP contribution < -0.4 is 20.1 Å². The molecule has 1 fully saturated rings. The molecule has 3 rings (SSSR count). The summed E-state index contributed by atoms with van der Waals surface area (Å²) >= 11 is 0. The average Bonchev–Trinajstić information content (AvgIpc) is 2.75. The minimum absolute atomic E-state index is 0.0311. The van der Waals surface area contributed by atoms with Crippen molar-refractivity contribution in [2.24, 2.45) is 0 Å². The second-order valence-electron chi connectivity index (χ2n) is 7.15. The second kappa shape index (κ2) is 10.1. The summed E-state index contributed by atoms with van der Waals surface area (Å²) in [7, 11) is 3.11. The van der Waals surface area contributed by atoms with E-state index in [-0.39, 0.29) is 30.2 Å². The van der Waals surface area contributed by atoms with E-state index in [1.165, 1.54) is 31.4 Å². The van der Waals surface area contributed by atoms with Gasteiger partial charge in [-0.2, -0.15) is 0 Å². The van der Waals surface area contributed by atoms with Crippen molar-refractivity contribution in [1.82, 2.24) is 10.2 Å². The van der Waals surface area contributed by atoms with Gasteiger partial charge in [-0.3, -0.25) is 14.5 Å². The van der Waals surface area contributed by atoms with Gasteiger partial charge in [0.25, 0.3) is 5.91 Å². The van der Waals surface area contributed by atoms with Crippen molar-refractivity contribution < 1.29 is 23.5 Å². The highest BCUT2D eigenvalue weighted by molar-refractivity contribution is 5.94. The first-order chi connectivity index (χ1) is 14.5. The zero-order chi connectivity index (χ0) is 21.5. The highest BCUT2D eigenvalue weighted by Gasteiger charge is 2.23. The quantitative estimate of drug-likeness (QED) is 0.727. The van der Waals surface area contributed by atoms with Gasteiger partial charge in [0.2, 0.25) is 5.91 Å². The molecule has 1 aliphatic heterocycles. The topological polar surface area (TPSA) is 79.9 Å². The van der Waals surface area contributed by atoms with Crippen molar-refractivity contribution >= 4 is 17.5 Å². The lowest BCUT2D eigenvalue weighted by molar-refractivity contribution is -0.117. The fourth-order valence-corrected chi connectivity index (χ4v) is 3.40. The maximum Gasteiger partial charge on any atom is 0.251 e. The average molecular weight is 415 g/mol. The van der Waals surface area contributed by atoms with E-state index in [0.29, 0.717) is 35.8 Å². The SMILES string of the molecule is COc1ccc(NC(=O)CN2CCC(NC(=O)c3ccc(F)cc3)CC2)c(OC)c1. The Balaban J connectivity index is 1.46. The van der Waals surface area contributed by atoms with E-state index in [9.17, 15) is 14.0 Å². The Morgan fingerprint density at radius 2 is 1.77 bits per heavy atom. The molecule has 2 aromatic rings. The van der Waals surface area contributed by atoms with Crippen molar-refractivity contribution in [2.75, 3.05) is 39.2 Å². The standard InChI is InChI=1S/C22H26FN3O4/c1-29-18-7-8-19(20(13-18)30-2)25-21(27)14-26-11-9-17(10-12-26)24-22(28)15-3-5-16(23)6-4-15/h3-8,13,17H,9-12,14H2,1-2H3,(H,24,28)(H,25,27). The fraction of sp³-hybridized carbons (Fsp3) is 0.364. The van der Waals surface area contributed by atoms with Crippen LogP contribution in [-0.2, 0) is 4.79 Å². The summed E-state index contributed by atoms with van der Waals surface area (Å²) in [5.74, 6) is 0.468. The molecular weight excluding hydrogens is 389 g/mol. The van der Waals surface area contributed by atoms with Crippen molar-refractivity contribution in [3.8, 4) is 11.5 Å². The van der Waals surface area contributed by atoms with Crippen molar-refractivity contribution in [3.63, 3.8) is 0 Å². The number of piperidine rings is 1. The molecule has 0 aliphatic carbocycles. The number of rotatable bonds is 7. The normalized spacial score (nSPS) is 14.8. The van der Waals surface area contributed by atoms with E-state index in [0.717, 1.165) is 12.8 Å². The molecule has 2 aromatic carbocycles. The van der Waals surface area contributed by atoms with Crippen LogP contribution in [0.15, 0.2) is 42.5 Å². The van der Waals surface area contributed by atoms with Gasteiger partial charge in [-0.05, 0) is 49.2 Å². The summed E-state index contributed by atoms with van der Waals surface area (Å²) < 4.78 is 23.5. The van der Waals surface area contributed by atoms with E-state index in [1.807, 2.05) is 4.90 Å². The maximum atomic E-state index is 13.0. The van der Waals surface area contributed by atoms with E-state index in [2.05, 4.69) is 10.6 Å². The highest BCUT2D eigenvalue weighted by Crippen LogP contribution is 2.29. The van der Waals surface area contributed by atoms with Crippen LogP contribution in [0.3, 0.4) is 0 Å². The van der Waals surface area contributed by atoms with Gasteiger partial charge in [-0.15, -0.1) is 0 Å². The molecule has 0 atom stereocenters. The molecule has 0 aromatic heterocycles. The number of carbonyl (C=O) groups excluding carboxylic acids is 2. The Bertz CT molecular complexity index is 880. The number of nitrogens with one attached hydrogen (secondary N) is 2. The molecule has 0 spiro atoms. The Hall–Kier alpha value is -3.13. The molecule has 1 aliphatic rings. The number of benzene rings is 2. The van der Waals surface area contributed by atoms with Gasteiger partial charge in [0.1, 0.15) is 17.3 Å². The molecule has 1 saturated heterocycles. The fourth-order valence-electron chi connectivity index (χ4n) is 3.40. The third-order valence-corrected chi connectivity index (χ3v) is 5.08. The first kappa shape index (κ1) is 21.6. The second-order valence-corrected chi connectivity index (χ2v) is 7.15. The third-order valence-electron chi connectivity index (χ3n) is 5.08. The lowest BCUT2D eigenvalue weighted by Gasteiger charge is -2.31. The number of likely N-dealkylation sites (tertiary alicyclic amines) is 1. The van der Waals surface area contributed by atoms with Gasteiger partial charge in [-0.25, -0.2) is 4.39 Å². The van der Waals surface area contributed by atoms with Crippen molar-refractivity contribution in [2.45, 2.75) is 18.9 Å². The molecule has 2 N–H and O–H groups in total. The molecule has 0 bridgehead atoms. The van der Waals surface area contributed by atoms with Gasteiger partial charge in [-0.1, -0.05) is 0 Å². The molecule has 7 nitrogen and oxygen atoms in total.